The Morgan fingerprint density at radius 1 is 1.19 bits per heavy atom. The highest BCUT2D eigenvalue weighted by Crippen LogP contribution is 2.35. The smallest absolute Gasteiger partial charge is 0.183 e. The second-order valence-electron chi connectivity index (χ2n) is 7.53. The number of nitrogens with zero attached hydrogens (tertiary/aromatic N) is 2. The Morgan fingerprint density at radius 2 is 1.89 bits per heavy atom. The van der Waals surface area contributed by atoms with Gasteiger partial charge in [0.15, 0.2) is 5.78 Å². The lowest BCUT2D eigenvalue weighted by Crippen LogP contribution is -2.17. The van der Waals surface area contributed by atoms with E-state index in [-0.39, 0.29) is 30.3 Å². The van der Waals surface area contributed by atoms with Gasteiger partial charge in [-0.2, -0.15) is 0 Å². The summed E-state index contributed by atoms with van der Waals surface area (Å²) in [6.07, 6.45) is 11.8. The maximum absolute atomic E-state index is 13.0. The van der Waals surface area contributed by atoms with Crippen molar-refractivity contribution in [3.63, 3.8) is 0 Å². The number of Topliss-reactive ketones (excluding diaryl/α,β-unsaturated/α-hetero) is 2. The van der Waals surface area contributed by atoms with Crippen molar-refractivity contribution in [2.24, 2.45) is 13.0 Å². The molecule has 1 aliphatic rings. The van der Waals surface area contributed by atoms with Gasteiger partial charge in [0.05, 0.1) is 6.33 Å². The number of rotatable bonds is 9. The molecule has 5 heteroatoms. The Bertz CT molecular complexity index is 776. The summed E-state index contributed by atoms with van der Waals surface area (Å²) in [5, 5.41) is 0. The summed E-state index contributed by atoms with van der Waals surface area (Å²) in [4.78, 5) is 30.7. The van der Waals surface area contributed by atoms with Crippen molar-refractivity contribution < 1.29 is 9.59 Å². The highest BCUT2D eigenvalue weighted by molar-refractivity contribution is 7.98. The standard InChI is InChI=1S/C22H28N2O2S/c1-24-14-20(23-15-24)22(26)12-11-21(25)19(13-16-5-3-4-6-16)17-7-9-18(27-2)10-8-17/h7-10,14-16,19H,3-6,11-13H2,1-2H3. The molecule has 144 valence electrons. The lowest BCUT2D eigenvalue weighted by atomic mass is 9.83. The van der Waals surface area contributed by atoms with E-state index in [1.807, 2.05) is 7.05 Å². The molecular formula is C22H28N2O2S. The Morgan fingerprint density at radius 3 is 2.48 bits per heavy atom. The molecule has 0 aliphatic heterocycles. The summed E-state index contributed by atoms with van der Waals surface area (Å²) in [7, 11) is 1.84. The fourth-order valence-electron chi connectivity index (χ4n) is 3.96. The molecule has 1 saturated carbocycles. The first-order valence-corrected chi connectivity index (χ1v) is 11.0. The topological polar surface area (TPSA) is 52.0 Å². The highest BCUT2D eigenvalue weighted by atomic mass is 32.2. The van der Waals surface area contributed by atoms with E-state index in [4.69, 9.17) is 0 Å². The van der Waals surface area contributed by atoms with Crippen LogP contribution in [0.1, 0.15) is 66.9 Å². The molecule has 27 heavy (non-hydrogen) atoms. The van der Waals surface area contributed by atoms with Gasteiger partial charge in [-0.25, -0.2) is 4.98 Å². The van der Waals surface area contributed by atoms with E-state index in [0.29, 0.717) is 11.6 Å². The zero-order valence-corrected chi connectivity index (χ0v) is 17.0. The quantitative estimate of drug-likeness (QED) is 0.449. The maximum Gasteiger partial charge on any atom is 0.183 e. The van der Waals surface area contributed by atoms with Crippen molar-refractivity contribution in [2.75, 3.05) is 6.26 Å². The van der Waals surface area contributed by atoms with Crippen LogP contribution in [0.3, 0.4) is 0 Å². The molecule has 1 aromatic heterocycles. The van der Waals surface area contributed by atoms with Crippen LogP contribution in [0.5, 0.6) is 0 Å². The minimum atomic E-state index is -0.0967. The van der Waals surface area contributed by atoms with Crippen LogP contribution in [0, 0.1) is 5.92 Å². The lowest BCUT2D eigenvalue weighted by Gasteiger charge is -2.20. The molecule has 1 aliphatic carbocycles. The number of carbonyl (C=O) groups excluding carboxylic acids is 2. The molecular weight excluding hydrogens is 356 g/mol. The van der Waals surface area contributed by atoms with Gasteiger partial charge in [-0.05, 0) is 36.3 Å². The Kier molecular flexibility index (Phi) is 6.89. The number of thioether (sulfide) groups is 1. The molecule has 1 unspecified atom stereocenters. The Balaban J connectivity index is 1.68. The largest absolute Gasteiger partial charge is 0.340 e. The minimum Gasteiger partial charge on any atom is -0.340 e. The third-order valence-electron chi connectivity index (χ3n) is 5.54. The Hall–Kier alpha value is -1.88. The molecule has 3 rings (SSSR count). The molecule has 1 fully saturated rings. The predicted octanol–water partition coefficient (Wildman–Crippen LogP) is 5.04. The van der Waals surface area contributed by atoms with Crippen LogP contribution in [0.2, 0.25) is 0 Å². The molecule has 0 radical (unpaired) electrons. The van der Waals surface area contributed by atoms with Gasteiger partial charge in [0.1, 0.15) is 11.5 Å². The highest BCUT2D eigenvalue weighted by Gasteiger charge is 2.27. The first-order chi connectivity index (χ1) is 13.1. The number of aromatic nitrogens is 2. The van der Waals surface area contributed by atoms with Crippen molar-refractivity contribution in [2.45, 2.75) is 55.8 Å². The molecule has 1 aromatic carbocycles. The van der Waals surface area contributed by atoms with E-state index in [1.54, 1.807) is 28.9 Å². The zero-order chi connectivity index (χ0) is 19.2. The average molecular weight is 385 g/mol. The lowest BCUT2D eigenvalue weighted by molar-refractivity contribution is -0.120. The van der Waals surface area contributed by atoms with E-state index in [9.17, 15) is 9.59 Å². The van der Waals surface area contributed by atoms with Gasteiger partial charge in [0.25, 0.3) is 0 Å². The minimum absolute atomic E-state index is 0.0544. The van der Waals surface area contributed by atoms with Gasteiger partial charge in [0.2, 0.25) is 0 Å². The fraction of sp³-hybridized carbons (Fsp3) is 0.500. The van der Waals surface area contributed by atoms with Gasteiger partial charge in [-0.1, -0.05) is 37.8 Å². The molecule has 0 N–H and O–H groups in total. The van der Waals surface area contributed by atoms with Crippen LogP contribution in [-0.2, 0) is 11.8 Å². The van der Waals surface area contributed by atoms with E-state index in [1.165, 1.54) is 30.6 Å². The van der Waals surface area contributed by atoms with E-state index >= 15 is 0 Å². The van der Waals surface area contributed by atoms with Gasteiger partial charge in [0, 0.05) is 36.9 Å². The number of hydrogen-bond donors (Lipinski definition) is 0. The molecule has 1 heterocycles. The number of benzene rings is 1. The molecule has 0 spiro atoms. The average Bonchev–Trinajstić information content (AvgIpc) is 3.35. The van der Waals surface area contributed by atoms with E-state index in [0.717, 1.165) is 12.0 Å². The summed E-state index contributed by atoms with van der Waals surface area (Å²) >= 11 is 1.71. The predicted molar refractivity (Wildman–Crippen MR) is 109 cm³/mol. The monoisotopic (exact) mass is 384 g/mol. The summed E-state index contributed by atoms with van der Waals surface area (Å²) in [6, 6.07) is 8.36. The van der Waals surface area contributed by atoms with Crippen LogP contribution >= 0.6 is 11.8 Å². The second-order valence-corrected chi connectivity index (χ2v) is 8.41. The summed E-state index contributed by atoms with van der Waals surface area (Å²) in [5.41, 5.74) is 1.54. The third kappa shape index (κ3) is 5.32. The molecule has 0 amide bonds. The number of ketones is 2. The third-order valence-corrected chi connectivity index (χ3v) is 6.28. The molecule has 4 nitrogen and oxygen atoms in total. The summed E-state index contributed by atoms with van der Waals surface area (Å²) < 4.78 is 1.76. The van der Waals surface area contributed by atoms with Crippen LogP contribution in [0.25, 0.3) is 0 Å². The van der Waals surface area contributed by atoms with Crippen molar-refractivity contribution in [1.29, 1.82) is 0 Å². The van der Waals surface area contributed by atoms with Crippen molar-refractivity contribution >= 4 is 23.3 Å². The number of imidazole rings is 1. The van der Waals surface area contributed by atoms with Gasteiger partial charge in [-0.15, -0.1) is 11.8 Å². The molecule has 2 aromatic rings. The number of hydrogen-bond acceptors (Lipinski definition) is 4. The Labute approximate surface area is 165 Å². The maximum atomic E-state index is 13.0. The first kappa shape index (κ1) is 19.9. The fourth-order valence-corrected chi connectivity index (χ4v) is 4.37. The second kappa shape index (κ2) is 9.36. The van der Waals surface area contributed by atoms with Crippen molar-refractivity contribution in [3.05, 3.63) is 48.0 Å². The number of carbonyl (C=O) groups is 2. The van der Waals surface area contributed by atoms with E-state index < -0.39 is 0 Å². The summed E-state index contributed by atoms with van der Waals surface area (Å²) in [6.45, 7) is 0. The van der Waals surface area contributed by atoms with Gasteiger partial charge >= 0.3 is 0 Å². The van der Waals surface area contributed by atoms with Crippen LogP contribution in [0.4, 0.5) is 0 Å². The van der Waals surface area contributed by atoms with Crippen molar-refractivity contribution in [3.8, 4) is 0 Å². The van der Waals surface area contributed by atoms with Crippen molar-refractivity contribution in [1.82, 2.24) is 9.55 Å². The summed E-state index contributed by atoms with van der Waals surface area (Å²) in [5.74, 6) is 0.663. The molecule has 1 atom stereocenters. The zero-order valence-electron chi connectivity index (χ0n) is 16.2. The number of aryl methyl sites for hydroxylation is 1. The SMILES string of the molecule is CSc1ccc(C(CC2CCCC2)C(=O)CCC(=O)c2cn(C)cn2)cc1. The van der Waals surface area contributed by atoms with Crippen LogP contribution in [0.15, 0.2) is 41.7 Å². The van der Waals surface area contributed by atoms with Gasteiger partial charge < -0.3 is 4.57 Å². The molecule has 0 bridgehead atoms. The van der Waals surface area contributed by atoms with Crippen LogP contribution < -0.4 is 0 Å². The first-order valence-electron chi connectivity index (χ1n) is 9.74. The van der Waals surface area contributed by atoms with E-state index in [2.05, 4.69) is 35.5 Å². The van der Waals surface area contributed by atoms with Gasteiger partial charge in [-0.3, -0.25) is 9.59 Å². The normalized spacial score (nSPS) is 15.8. The molecule has 0 saturated heterocycles. The van der Waals surface area contributed by atoms with Crippen LogP contribution in [-0.4, -0.2) is 27.4 Å².